The minimum Gasteiger partial charge on any atom is -0.364 e. The molecule has 0 radical (unpaired) electrons. The number of benzene rings is 1. The van der Waals surface area contributed by atoms with Crippen LogP contribution in [0.2, 0.25) is 0 Å². The molecule has 0 unspecified atom stereocenters. The van der Waals surface area contributed by atoms with E-state index >= 15 is 0 Å². The Morgan fingerprint density at radius 1 is 1.37 bits per heavy atom. The van der Waals surface area contributed by atoms with E-state index in [-0.39, 0.29) is 11.3 Å². The fraction of sp³-hybridized carbons (Fsp3) is 0.0769. The van der Waals surface area contributed by atoms with Crippen molar-refractivity contribution in [1.82, 2.24) is 4.98 Å². The van der Waals surface area contributed by atoms with E-state index in [9.17, 15) is 14.0 Å². The van der Waals surface area contributed by atoms with Crippen LogP contribution >= 0.6 is 15.9 Å². The molecular weight excluding hydrogens is 315 g/mol. The first-order chi connectivity index (χ1) is 8.97. The van der Waals surface area contributed by atoms with Crippen molar-refractivity contribution in [2.45, 2.75) is 6.92 Å². The van der Waals surface area contributed by atoms with Crippen molar-refractivity contribution in [3.05, 3.63) is 62.2 Å². The summed E-state index contributed by atoms with van der Waals surface area (Å²) in [5, 5.41) is 2.36. The van der Waals surface area contributed by atoms with E-state index in [4.69, 9.17) is 0 Å². The van der Waals surface area contributed by atoms with E-state index in [1.807, 2.05) is 0 Å². The highest BCUT2D eigenvalue weighted by Crippen LogP contribution is 2.20. The number of aryl methyl sites for hydroxylation is 1. The van der Waals surface area contributed by atoms with Gasteiger partial charge < -0.3 is 10.3 Å². The van der Waals surface area contributed by atoms with Crippen LogP contribution in [0, 0.1) is 12.7 Å². The van der Waals surface area contributed by atoms with Crippen molar-refractivity contribution in [1.29, 1.82) is 0 Å². The van der Waals surface area contributed by atoms with Crippen molar-refractivity contribution in [2.75, 3.05) is 5.32 Å². The van der Waals surface area contributed by atoms with Gasteiger partial charge in [0.25, 0.3) is 5.91 Å². The molecule has 19 heavy (non-hydrogen) atoms. The number of carbonyl (C=O) groups is 1. The van der Waals surface area contributed by atoms with Gasteiger partial charge in [0.2, 0.25) is 0 Å². The summed E-state index contributed by atoms with van der Waals surface area (Å²) in [6.07, 6.45) is 1.31. The lowest BCUT2D eigenvalue weighted by Gasteiger charge is -2.06. The van der Waals surface area contributed by atoms with E-state index in [1.54, 1.807) is 6.92 Å². The Balaban J connectivity index is 2.31. The molecule has 0 saturated heterocycles. The molecule has 0 saturated carbocycles. The third kappa shape index (κ3) is 3.08. The Bertz CT molecular complexity index is 697. The molecule has 0 atom stereocenters. The number of carbonyl (C=O) groups excluding carboxylic acids is 1. The molecule has 0 spiro atoms. The molecule has 0 aliphatic rings. The summed E-state index contributed by atoms with van der Waals surface area (Å²) >= 11 is 3.18. The average molecular weight is 325 g/mol. The van der Waals surface area contributed by atoms with Crippen LogP contribution in [0.15, 0.2) is 39.7 Å². The highest BCUT2D eigenvalue weighted by atomic mass is 79.9. The summed E-state index contributed by atoms with van der Waals surface area (Å²) in [4.78, 5) is 26.3. The zero-order valence-electron chi connectivity index (χ0n) is 9.96. The van der Waals surface area contributed by atoms with Gasteiger partial charge in [-0.3, -0.25) is 9.59 Å². The highest BCUT2D eigenvalue weighted by molar-refractivity contribution is 9.10. The summed E-state index contributed by atoms with van der Waals surface area (Å²) in [7, 11) is 0. The molecule has 2 rings (SSSR count). The summed E-state index contributed by atoms with van der Waals surface area (Å²) in [5.74, 6) is -1.22. The van der Waals surface area contributed by atoms with Crippen LogP contribution in [0.5, 0.6) is 0 Å². The first-order valence-electron chi connectivity index (χ1n) is 5.43. The predicted molar refractivity (Wildman–Crippen MR) is 73.9 cm³/mol. The molecule has 98 valence electrons. The number of hydrogen-bond donors (Lipinski definition) is 2. The minimum atomic E-state index is -0.654. The van der Waals surface area contributed by atoms with Gasteiger partial charge >= 0.3 is 0 Å². The van der Waals surface area contributed by atoms with E-state index < -0.39 is 17.2 Å². The van der Waals surface area contributed by atoms with Crippen LogP contribution in [0.1, 0.15) is 16.1 Å². The standard InChI is InChI=1S/C13H10BrFN2O2/c1-7-4-12(18)9(6-16-7)13(19)17-11-5-8(14)2-3-10(11)15/h2-6H,1H3,(H,16,18)(H,17,19). The summed E-state index contributed by atoms with van der Waals surface area (Å²) in [6, 6.07) is 5.48. The topological polar surface area (TPSA) is 62.0 Å². The molecule has 0 fully saturated rings. The quantitative estimate of drug-likeness (QED) is 0.892. The number of amides is 1. The maximum Gasteiger partial charge on any atom is 0.261 e. The largest absolute Gasteiger partial charge is 0.364 e. The molecule has 4 nitrogen and oxygen atoms in total. The lowest BCUT2D eigenvalue weighted by Crippen LogP contribution is -2.22. The molecular formula is C13H10BrFN2O2. The number of halogens is 2. The number of aromatic nitrogens is 1. The van der Waals surface area contributed by atoms with Gasteiger partial charge in [0.1, 0.15) is 11.4 Å². The molecule has 0 aliphatic carbocycles. The van der Waals surface area contributed by atoms with Gasteiger partial charge in [0, 0.05) is 22.4 Å². The van der Waals surface area contributed by atoms with Crippen LogP contribution in [-0.4, -0.2) is 10.9 Å². The zero-order valence-corrected chi connectivity index (χ0v) is 11.5. The van der Waals surface area contributed by atoms with Crippen LogP contribution in [-0.2, 0) is 0 Å². The summed E-state index contributed by atoms with van der Waals surface area (Å²) < 4.78 is 14.1. The maximum atomic E-state index is 13.5. The van der Waals surface area contributed by atoms with Crippen LogP contribution < -0.4 is 10.7 Å². The Labute approximate surface area is 116 Å². The molecule has 1 aromatic carbocycles. The van der Waals surface area contributed by atoms with Crippen molar-refractivity contribution in [2.24, 2.45) is 0 Å². The monoisotopic (exact) mass is 324 g/mol. The number of anilines is 1. The molecule has 1 heterocycles. The summed E-state index contributed by atoms with van der Waals surface area (Å²) in [5.41, 5.74) is 0.184. The summed E-state index contributed by atoms with van der Waals surface area (Å²) in [6.45, 7) is 1.71. The Kier molecular flexibility index (Phi) is 3.80. The lowest BCUT2D eigenvalue weighted by molar-refractivity contribution is 0.102. The van der Waals surface area contributed by atoms with Crippen LogP contribution in [0.4, 0.5) is 10.1 Å². The van der Waals surface area contributed by atoms with Gasteiger partial charge in [-0.2, -0.15) is 0 Å². The van der Waals surface area contributed by atoms with Gasteiger partial charge in [0.15, 0.2) is 5.43 Å². The molecule has 0 aliphatic heterocycles. The van der Waals surface area contributed by atoms with Gasteiger partial charge in [-0.15, -0.1) is 0 Å². The minimum absolute atomic E-state index is 0.0133. The molecule has 2 aromatic rings. The maximum absolute atomic E-state index is 13.5. The Morgan fingerprint density at radius 2 is 2.11 bits per heavy atom. The van der Waals surface area contributed by atoms with Gasteiger partial charge in [0.05, 0.1) is 5.69 Å². The van der Waals surface area contributed by atoms with E-state index in [2.05, 4.69) is 26.2 Å². The van der Waals surface area contributed by atoms with Crippen molar-refractivity contribution >= 4 is 27.5 Å². The second-order valence-electron chi connectivity index (χ2n) is 3.97. The number of hydrogen-bond acceptors (Lipinski definition) is 2. The average Bonchev–Trinajstić information content (AvgIpc) is 2.33. The number of nitrogens with one attached hydrogen (secondary N) is 2. The molecule has 2 N–H and O–H groups in total. The van der Waals surface area contributed by atoms with E-state index in [0.29, 0.717) is 10.2 Å². The molecule has 6 heteroatoms. The number of H-pyrrole nitrogens is 1. The van der Waals surface area contributed by atoms with E-state index in [1.165, 1.54) is 30.5 Å². The smallest absolute Gasteiger partial charge is 0.261 e. The van der Waals surface area contributed by atoms with Gasteiger partial charge in [-0.05, 0) is 25.1 Å². The Hall–Kier alpha value is -1.95. The highest BCUT2D eigenvalue weighted by Gasteiger charge is 2.13. The second-order valence-corrected chi connectivity index (χ2v) is 4.89. The third-order valence-corrected chi connectivity index (χ3v) is 2.97. The van der Waals surface area contributed by atoms with E-state index in [0.717, 1.165) is 0 Å². The fourth-order valence-corrected chi connectivity index (χ4v) is 1.89. The van der Waals surface area contributed by atoms with Crippen molar-refractivity contribution in [3.63, 3.8) is 0 Å². The molecule has 1 aromatic heterocycles. The fourth-order valence-electron chi connectivity index (χ4n) is 1.53. The SMILES string of the molecule is Cc1cc(=O)c(C(=O)Nc2cc(Br)ccc2F)c[nH]1. The predicted octanol–water partition coefficient (Wildman–Crippen LogP) is 2.84. The first kappa shape index (κ1) is 13.5. The number of aromatic amines is 1. The van der Waals surface area contributed by atoms with Crippen LogP contribution in [0.25, 0.3) is 0 Å². The second kappa shape index (κ2) is 5.36. The number of pyridine rings is 1. The van der Waals surface area contributed by atoms with Gasteiger partial charge in [-0.25, -0.2) is 4.39 Å². The normalized spacial score (nSPS) is 10.3. The van der Waals surface area contributed by atoms with Crippen molar-refractivity contribution < 1.29 is 9.18 Å². The number of rotatable bonds is 2. The Morgan fingerprint density at radius 3 is 2.79 bits per heavy atom. The van der Waals surface area contributed by atoms with Crippen LogP contribution in [0.3, 0.4) is 0 Å². The van der Waals surface area contributed by atoms with Crippen molar-refractivity contribution in [3.8, 4) is 0 Å². The molecule has 0 bridgehead atoms. The zero-order chi connectivity index (χ0) is 14.0. The lowest BCUT2D eigenvalue weighted by atomic mass is 10.2. The third-order valence-electron chi connectivity index (χ3n) is 2.48. The molecule has 1 amide bonds. The van der Waals surface area contributed by atoms with Gasteiger partial charge in [-0.1, -0.05) is 15.9 Å². The first-order valence-corrected chi connectivity index (χ1v) is 6.22.